The summed E-state index contributed by atoms with van der Waals surface area (Å²) in [5.74, 6) is 1.15. The lowest BCUT2D eigenvalue weighted by atomic mass is 10.1. The van der Waals surface area contributed by atoms with E-state index >= 15 is 0 Å². The highest BCUT2D eigenvalue weighted by atomic mass is 14.9. The minimum absolute atomic E-state index is 1.09. The summed E-state index contributed by atoms with van der Waals surface area (Å²) in [7, 11) is 0. The molecule has 0 radical (unpaired) electrons. The number of aryl methyl sites for hydroxylation is 1. The summed E-state index contributed by atoms with van der Waals surface area (Å²) >= 11 is 0. The van der Waals surface area contributed by atoms with Gasteiger partial charge >= 0.3 is 0 Å². The van der Waals surface area contributed by atoms with Crippen LogP contribution >= 0.6 is 0 Å². The van der Waals surface area contributed by atoms with Gasteiger partial charge in [-0.1, -0.05) is 83.3 Å². The molecule has 0 saturated heterocycles. The van der Waals surface area contributed by atoms with E-state index in [-0.39, 0.29) is 0 Å². The topological polar surface area (TPSA) is 28.7 Å². The largest absolute Gasteiger partial charge is 0.342 e. The van der Waals surface area contributed by atoms with E-state index < -0.39 is 0 Å². The van der Waals surface area contributed by atoms with E-state index in [2.05, 4.69) is 41.2 Å². The quantitative estimate of drug-likeness (QED) is 0.450. The van der Waals surface area contributed by atoms with Gasteiger partial charge in [0.25, 0.3) is 0 Å². The molecule has 1 heterocycles. The predicted molar refractivity (Wildman–Crippen MR) is 96.3 cm³/mol. The van der Waals surface area contributed by atoms with Gasteiger partial charge in [0.05, 0.1) is 11.0 Å². The fraction of sp³-hybridized carbons (Fsp3) is 0.650. The highest BCUT2D eigenvalue weighted by Crippen LogP contribution is 2.14. The maximum Gasteiger partial charge on any atom is 0.107 e. The van der Waals surface area contributed by atoms with Crippen LogP contribution in [0.1, 0.15) is 83.4 Å². The highest BCUT2D eigenvalue weighted by Gasteiger charge is 2.01. The van der Waals surface area contributed by atoms with Crippen molar-refractivity contribution >= 4 is 11.0 Å². The Morgan fingerprint density at radius 2 is 1.36 bits per heavy atom. The van der Waals surface area contributed by atoms with Gasteiger partial charge in [-0.15, -0.1) is 0 Å². The highest BCUT2D eigenvalue weighted by molar-refractivity contribution is 5.74. The summed E-state index contributed by atoms with van der Waals surface area (Å²) in [6.45, 7) is 2.28. The third kappa shape index (κ3) is 6.21. The molecule has 2 nitrogen and oxygen atoms in total. The molecule has 0 aliphatic carbocycles. The Morgan fingerprint density at radius 1 is 0.773 bits per heavy atom. The Morgan fingerprint density at radius 3 is 2.00 bits per heavy atom. The van der Waals surface area contributed by atoms with Crippen LogP contribution in [0.4, 0.5) is 0 Å². The summed E-state index contributed by atoms with van der Waals surface area (Å²) in [6, 6.07) is 8.30. The van der Waals surface area contributed by atoms with E-state index in [9.17, 15) is 0 Å². The molecule has 2 heteroatoms. The van der Waals surface area contributed by atoms with Gasteiger partial charge < -0.3 is 4.98 Å². The first-order valence-corrected chi connectivity index (χ1v) is 9.34. The summed E-state index contributed by atoms with van der Waals surface area (Å²) in [5.41, 5.74) is 2.26. The molecule has 0 aliphatic rings. The molecule has 0 atom stereocenters. The van der Waals surface area contributed by atoms with Crippen LogP contribution < -0.4 is 0 Å². The molecule has 0 saturated carbocycles. The minimum atomic E-state index is 1.09. The molecule has 2 rings (SSSR count). The second-order valence-corrected chi connectivity index (χ2v) is 6.49. The second kappa shape index (κ2) is 10.4. The zero-order valence-electron chi connectivity index (χ0n) is 14.2. The number of hydrogen-bond donors (Lipinski definition) is 1. The number of benzene rings is 1. The predicted octanol–water partition coefficient (Wildman–Crippen LogP) is 6.42. The number of nitrogens with zero attached hydrogens (tertiary/aromatic N) is 1. The third-order valence-electron chi connectivity index (χ3n) is 4.46. The summed E-state index contributed by atoms with van der Waals surface area (Å²) in [4.78, 5) is 8.06. The van der Waals surface area contributed by atoms with Crippen LogP contribution in [-0.2, 0) is 6.42 Å². The molecule has 0 fully saturated rings. The van der Waals surface area contributed by atoms with E-state index in [1.54, 1.807) is 0 Å². The lowest BCUT2D eigenvalue weighted by Gasteiger charge is -2.02. The molecular formula is C20H32N2. The number of hydrogen-bond acceptors (Lipinski definition) is 1. The van der Waals surface area contributed by atoms with Crippen molar-refractivity contribution < 1.29 is 0 Å². The summed E-state index contributed by atoms with van der Waals surface area (Å²) in [6.07, 6.45) is 16.4. The maximum atomic E-state index is 4.64. The van der Waals surface area contributed by atoms with Crippen LogP contribution in [0.15, 0.2) is 24.3 Å². The second-order valence-electron chi connectivity index (χ2n) is 6.49. The molecule has 0 spiro atoms. The number of aromatic amines is 1. The Bertz CT molecular complexity index is 482. The average molecular weight is 300 g/mol. The standard InChI is InChI=1S/C20H32N2/c1-2-3-4-5-6-7-8-9-10-11-12-17-20-21-18-15-13-14-16-19(18)22-20/h13-16H,2-12,17H2,1H3,(H,21,22). The zero-order valence-corrected chi connectivity index (χ0v) is 14.2. The SMILES string of the molecule is CCCCCCCCCCCCCc1nc2ccccc2[nH]1. The van der Waals surface area contributed by atoms with E-state index in [4.69, 9.17) is 0 Å². The van der Waals surface area contributed by atoms with Gasteiger partial charge in [-0.25, -0.2) is 4.98 Å². The lowest BCUT2D eigenvalue weighted by Crippen LogP contribution is -1.88. The van der Waals surface area contributed by atoms with E-state index in [1.807, 2.05) is 0 Å². The van der Waals surface area contributed by atoms with E-state index in [0.29, 0.717) is 0 Å². The maximum absolute atomic E-state index is 4.64. The van der Waals surface area contributed by atoms with Crippen LogP contribution in [0.25, 0.3) is 11.0 Å². The molecular weight excluding hydrogens is 268 g/mol. The van der Waals surface area contributed by atoms with Crippen LogP contribution in [-0.4, -0.2) is 9.97 Å². The normalized spacial score (nSPS) is 11.3. The van der Waals surface area contributed by atoms with Crippen molar-refractivity contribution in [2.24, 2.45) is 0 Å². The number of H-pyrrole nitrogens is 1. The van der Waals surface area contributed by atoms with Gasteiger partial charge in [0, 0.05) is 6.42 Å². The fourth-order valence-electron chi connectivity index (χ4n) is 3.08. The van der Waals surface area contributed by atoms with Gasteiger partial charge in [0.1, 0.15) is 5.82 Å². The lowest BCUT2D eigenvalue weighted by molar-refractivity contribution is 0.548. The Labute approximate surface area is 135 Å². The van der Waals surface area contributed by atoms with E-state index in [1.165, 1.54) is 76.1 Å². The van der Waals surface area contributed by atoms with Crippen molar-refractivity contribution in [2.45, 2.75) is 84.0 Å². The molecule has 0 bridgehead atoms. The Balaban J connectivity index is 1.46. The third-order valence-corrected chi connectivity index (χ3v) is 4.46. The Kier molecular flexibility index (Phi) is 8.08. The Hall–Kier alpha value is -1.31. The first kappa shape index (κ1) is 17.1. The van der Waals surface area contributed by atoms with Crippen molar-refractivity contribution in [3.63, 3.8) is 0 Å². The van der Waals surface area contributed by atoms with Gasteiger partial charge in [0.2, 0.25) is 0 Å². The number of rotatable bonds is 12. The van der Waals surface area contributed by atoms with Crippen LogP contribution in [0.3, 0.4) is 0 Å². The van der Waals surface area contributed by atoms with Crippen LogP contribution in [0.2, 0.25) is 0 Å². The van der Waals surface area contributed by atoms with Gasteiger partial charge in [-0.05, 0) is 18.6 Å². The van der Waals surface area contributed by atoms with Crippen LogP contribution in [0, 0.1) is 0 Å². The number of para-hydroxylation sites is 2. The minimum Gasteiger partial charge on any atom is -0.342 e. The molecule has 22 heavy (non-hydrogen) atoms. The van der Waals surface area contributed by atoms with Crippen molar-refractivity contribution in [3.05, 3.63) is 30.1 Å². The monoisotopic (exact) mass is 300 g/mol. The number of nitrogens with one attached hydrogen (secondary N) is 1. The molecule has 122 valence electrons. The van der Waals surface area contributed by atoms with Crippen molar-refractivity contribution in [2.75, 3.05) is 0 Å². The van der Waals surface area contributed by atoms with Crippen molar-refractivity contribution in [3.8, 4) is 0 Å². The molecule has 1 aromatic heterocycles. The number of imidazole rings is 1. The molecule has 0 aliphatic heterocycles. The average Bonchev–Trinajstić information content (AvgIpc) is 2.95. The van der Waals surface area contributed by atoms with Crippen molar-refractivity contribution in [1.29, 1.82) is 0 Å². The molecule has 2 aromatic rings. The molecule has 0 unspecified atom stereocenters. The van der Waals surface area contributed by atoms with Gasteiger partial charge in [-0.2, -0.15) is 0 Å². The van der Waals surface area contributed by atoms with E-state index in [0.717, 1.165) is 17.8 Å². The molecule has 1 aromatic carbocycles. The first-order valence-electron chi connectivity index (χ1n) is 9.34. The van der Waals surface area contributed by atoms with Crippen LogP contribution in [0.5, 0.6) is 0 Å². The summed E-state index contributed by atoms with van der Waals surface area (Å²) < 4.78 is 0. The zero-order chi connectivity index (χ0) is 15.5. The number of aromatic nitrogens is 2. The molecule has 1 N–H and O–H groups in total. The summed E-state index contributed by atoms with van der Waals surface area (Å²) in [5, 5.41) is 0. The smallest absolute Gasteiger partial charge is 0.107 e. The van der Waals surface area contributed by atoms with Crippen molar-refractivity contribution in [1.82, 2.24) is 9.97 Å². The number of unbranched alkanes of at least 4 members (excludes halogenated alkanes) is 10. The van der Waals surface area contributed by atoms with Gasteiger partial charge in [0.15, 0.2) is 0 Å². The first-order chi connectivity index (χ1) is 10.9. The number of fused-ring (bicyclic) bond motifs is 1. The fourth-order valence-corrected chi connectivity index (χ4v) is 3.08. The van der Waals surface area contributed by atoms with Gasteiger partial charge in [-0.3, -0.25) is 0 Å². The molecule has 0 amide bonds.